The Morgan fingerprint density at radius 1 is 1.08 bits per heavy atom. The Balaban J connectivity index is 1.37. The molecule has 1 aromatic carbocycles. The van der Waals surface area contributed by atoms with Crippen LogP contribution in [0.15, 0.2) is 36.4 Å². The molecule has 2 aliphatic rings. The molecular weight excluding hydrogens is 472 g/mol. The fraction of sp³-hybridized carbons (Fsp3) is 0.481. The van der Waals surface area contributed by atoms with Crippen LogP contribution in [0.25, 0.3) is 0 Å². The van der Waals surface area contributed by atoms with Gasteiger partial charge in [0.25, 0.3) is 5.91 Å². The molecule has 0 spiro atoms. The average Bonchev–Trinajstić information content (AvgIpc) is 3.21. The number of carbonyl (C=O) groups is 2. The van der Waals surface area contributed by atoms with Crippen LogP contribution < -0.4 is 10.1 Å². The third-order valence-corrected chi connectivity index (χ3v) is 7.58. The van der Waals surface area contributed by atoms with E-state index in [-0.39, 0.29) is 23.7 Å². The summed E-state index contributed by atoms with van der Waals surface area (Å²) >= 11 is 0. The molecule has 1 N–H and O–H groups in total. The quantitative estimate of drug-likeness (QED) is 0.479. The maximum Gasteiger partial charge on any atom is 0.275 e. The smallest absolute Gasteiger partial charge is 0.275 e. The molecule has 2 unspecified atom stereocenters. The Bertz CT molecular complexity index is 1280. The van der Waals surface area contributed by atoms with Gasteiger partial charge in [0.1, 0.15) is 17.3 Å². The number of nitrogens with zero attached hydrogens (tertiary/aromatic N) is 5. The molecule has 2 atom stereocenters. The lowest BCUT2D eigenvalue weighted by Crippen LogP contribution is -2.25. The molecular formula is C27H34N6O4. The van der Waals surface area contributed by atoms with E-state index in [9.17, 15) is 9.59 Å². The van der Waals surface area contributed by atoms with Gasteiger partial charge in [-0.1, -0.05) is 12.1 Å². The number of anilines is 1. The van der Waals surface area contributed by atoms with Gasteiger partial charge in [-0.2, -0.15) is 10.2 Å². The molecule has 0 saturated heterocycles. The zero-order valence-corrected chi connectivity index (χ0v) is 22.0. The zero-order chi connectivity index (χ0) is 26.3. The van der Waals surface area contributed by atoms with Gasteiger partial charge < -0.3 is 19.7 Å². The Morgan fingerprint density at radius 2 is 1.78 bits per heavy atom. The van der Waals surface area contributed by atoms with E-state index in [1.165, 1.54) is 0 Å². The minimum absolute atomic E-state index is 0.151. The van der Waals surface area contributed by atoms with Gasteiger partial charge in [-0.05, 0) is 48.4 Å². The number of ether oxygens (including phenoxy) is 2. The number of aromatic nitrogens is 4. The van der Waals surface area contributed by atoms with Gasteiger partial charge in [0.05, 0.1) is 31.6 Å². The number of aryl methyl sites for hydroxylation is 1. The molecule has 37 heavy (non-hydrogen) atoms. The highest BCUT2D eigenvalue weighted by atomic mass is 16.5. The van der Waals surface area contributed by atoms with Crippen LogP contribution in [-0.2, 0) is 29.7 Å². The molecule has 3 aromatic rings. The largest absolute Gasteiger partial charge is 0.497 e. The maximum absolute atomic E-state index is 13.2. The highest BCUT2D eigenvalue weighted by Crippen LogP contribution is 2.62. The number of amides is 2. The Labute approximate surface area is 216 Å². The number of hydrogen-bond acceptors (Lipinski definition) is 6. The summed E-state index contributed by atoms with van der Waals surface area (Å²) in [6, 6.07) is 11.5. The number of rotatable bonds is 9. The van der Waals surface area contributed by atoms with Gasteiger partial charge in [0.2, 0.25) is 5.91 Å². The molecule has 0 aliphatic heterocycles. The van der Waals surface area contributed by atoms with Crippen molar-refractivity contribution in [3.63, 3.8) is 0 Å². The first-order valence-electron chi connectivity index (χ1n) is 12.5. The standard InChI is InChI=1S/C27H34N6O4/c1-31(2)27(35)25-20-10-17(11-21(20)25)22-13-24(28-26(34)23-12-18(15-36-4)29-32(23)3)33(30-22)14-16-6-8-19(37-5)9-7-16/h6-9,12-13,17,20-21,25H,10-11,14-15H2,1-5H3,(H,28,34). The molecule has 2 amide bonds. The summed E-state index contributed by atoms with van der Waals surface area (Å²) in [4.78, 5) is 27.3. The minimum Gasteiger partial charge on any atom is -0.497 e. The van der Waals surface area contributed by atoms with Crippen LogP contribution in [0.1, 0.15) is 46.2 Å². The van der Waals surface area contributed by atoms with Crippen LogP contribution >= 0.6 is 0 Å². The predicted octanol–water partition coefficient (Wildman–Crippen LogP) is 2.90. The fourth-order valence-corrected chi connectivity index (χ4v) is 5.65. The Kier molecular flexibility index (Phi) is 6.76. The van der Waals surface area contributed by atoms with Crippen molar-refractivity contribution in [2.75, 3.05) is 33.6 Å². The summed E-state index contributed by atoms with van der Waals surface area (Å²) in [6.07, 6.45) is 1.90. The van der Waals surface area contributed by atoms with Gasteiger partial charge >= 0.3 is 0 Å². The molecule has 2 heterocycles. The van der Waals surface area contributed by atoms with Crippen molar-refractivity contribution in [3.05, 3.63) is 59.0 Å². The highest BCUT2D eigenvalue weighted by Gasteiger charge is 2.60. The van der Waals surface area contributed by atoms with Crippen molar-refractivity contribution in [2.45, 2.75) is 31.9 Å². The maximum atomic E-state index is 13.2. The van der Waals surface area contributed by atoms with E-state index in [4.69, 9.17) is 14.6 Å². The van der Waals surface area contributed by atoms with Gasteiger partial charge in [0, 0.05) is 46.2 Å². The summed E-state index contributed by atoms with van der Waals surface area (Å²) in [6.45, 7) is 0.837. The third kappa shape index (κ3) is 4.98. The van der Waals surface area contributed by atoms with E-state index in [0.29, 0.717) is 42.2 Å². The van der Waals surface area contributed by atoms with Gasteiger partial charge in [-0.25, -0.2) is 4.68 Å². The summed E-state index contributed by atoms with van der Waals surface area (Å²) in [5.41, 5.74) is 3.13. The molecule has 0 bridgehead atoms. The van der Waals surface area contributed by atoms with E-state index in [2.05, 4.69) is 10.4 Å². The summed E-state index contributed by atoms with van der Waals surface area (Å²) in [5, 5.41) is 12.3. The summed E-state index contributed by atoms with van der Waals surface area (Å²) in [7, 11) is 8.62. The first-order chi connectivity index (χ1) is 17.8. The average molecular weight is 507 g/mol. The highest BCUT2D eigenvalue weighted by molar-refractivity contribution is 6.02. The van der Waals surface area contributed by atoms with Crippen molar-refractivity contribution in [1.82, 2.24) is 24.5 Å². The van der Waals surface area contributed by atoms with E-state index in [1.807, 2.05) is 49.1 Å². The van der Waals surface area contributed by atoms with Crippen LogP contribution in [0.5, 0.6) is 5.75 Å². The van der Waals surface area contributed by atoms with Crippen molar-refractivity contribution < 1.29 is 19.1 Å². The zero-order valence-electron chi connectivity index (χ0n) is 22.0. The van der Waals surface area contributed by atoms with E-state index in [0.717, 1.165) is 29.8 Å². The normalized spacial score (nSPS) is 22.0. The summed E-state index contributed by atoms with van der Waals surface area (Å²) in [5.74, 6) is 2.68. The molecule has 2 aliphatic carbocycles. The molecule has 0 radical (unpaired) electrons. The second-order valence-corrected chi connectivity index (χ2v) is 10.2. The molecule has 2 fully saturated rings. The number of carbonyl (C=O) groups excluding carboxylic acids is 2. The molecule has 196 valence electrons. The Morgan fingerprint density at radius 3 is 2.41 bits per heavy atom. The second kappa shape index (κ2) is 10.0. The van der Waals surface area contributed by atoms with Crippen LogP contribution in [0, 0.1) is 17.8 Å². The first-order valence-corrected chi connectivity index (χ1v) is 12.5. The fourth-order valence-electron chi connectivity index (χ4n) is 5.65. The SMILES string of the molecule is COCc1cc(C(=O)Nc2cc(C3CC4C(C3)C4C(=O)N(C)C)nn2Cc2ccc(OC)cc2)n(C)n1. The van der Waals surface area contributed by atoms with Gasteiger partial charge in [-0.3, -0.25) is 14.3 Å². The van der Waals surface area contributed by atoms with Crippen molar-refractivity contribution in [1.29, 1.82) is 0 Å². The number of methoxy groups -OCH3 is 2. The molecule has 10 nitrogen and oxygen atoms in total. The van der Waals surface area contributed by atoms with Crippen molar-refractivity contribution >= 4 is 17.6 Å². The molecule has 2 saturated carbocycles. The number of nitrogens with one attached hydrogen (secondary N) is 1. The number of hydrogen-bond donors (Lipinski definition) is 1. The van der Waals surface area contributed by atoms with Gasteiger partial charge in [-0.15, -0.1) is 0 Å². The van der Waals surface area contributed by atoms with Crippen molar-refractivity contribution in [3.8, 4) is 5.75 Å². The van der Waals surface area contributed by atoms with Crippen LogP contribution in [0.4, 0.5) is 5.82 Å². The molecule has 2 aromatic heterocycles. The van der Waals surface area contributed by atoms with Crippen molar-refractivity contribution in [2.24, 2.45) is 24.8 Å². The van der Waals surface area contributed by atoms with E-state index >= 15 is 0 Å². The van der Waals surface area contributed by atoms with Gasteiger partial charge in [0.15, 0.2) is 0 Å². The first kappa shape index (κ1) is 25.0. The topological polar surface area (TPSA) is 104 Å². The Hall–Kier alpha value is -3.66. The molecule has 10 heteroatoms. The predicted molar refractivity (Wildman–Crippen MR) is 137 cm³/mol. The minimum atomic E-state index is -0.259. The monoisotopic (exact) mass is 506 g/mol. The van der Waals surface area contributed by atoms with Crippen LogP contribution in [0.2, 0.25) is 0 Å². The van der Waals surface area contributed by atoms with E-state index < -0.39 is 0 Å². The van der Waals surface area contributed by atoms with Crippen LogP contribution in [0.3, 0.4) is 0 Å². The molecule has 5 rings (SSSR count). The van der Waals surface area contributed by atoms with Crippen LogP contribution in [-0.4, -0.2) is 64.6 Å². The third-order valence-electron chi connectivity index (χ3n) is 7.58. The summed E-state index contributed by atoms with van der Waals surface area (Å²) < 4.78 is 13.8. The lowest BCUT2D eigenvalue weighted by Gasteiger charge is -2.15. The number of benzene rings is 1. The van der Waals surface area contributed by atoms with E-state index in [1.54, 1.807) is 36.9 Å². The lowest BCUT2D eigenvalue weighted by molar-refractivity contribution is -0.130. The second-order valence-electron chi connectivity index (χ2n) is 10.2. The lowest BCUT2D eigenvalue weighted by atomic mass is 9.96. The number of fused-ring (bicyclic) bond motifs is 1.